The van der Waals surface area contributed by atoms with Crippen molar-refractivity contribution in [3.05, 3.63) is 87.5 Å². The zero-order valence-electron chi connectivity index (χ0n) is 19.0. The summed E-state index contributed by atoms with van der Waals surface area (Å²) in [5.41, 5.74) is 9.40. The van der Waals surface area contributed by atoms with E-state index in [0.717, 1.165) is 38.9 Å². The highest BCUT2D eigenvalue weighted by Crippen LogP contribution is 2.36. The lowest BCUT2D eigenvalue weighted by Gasteiger charge is -2.05. The van der Waals surface area contributed by atoms with Gasteiger partial charge in [0, 0.05) is 15.8 Å². The van der Waals surface area contributed by atoms with E-state index in [-0.39, 0.29) is 22.8 Å². The molecule has 2 aromatic carbocycles. The molecular formula is C26H20N4O3S3. The average molecular weight is 533 g/mol. The smallest absolute Gasteiger partial charge is 0.260 e. The minimum atomic E-state index is -0.616. The topological polar surface area (TPSA) is 118 Å². The third kappa shape index (κ3) is 4.97. The number of aryl methyl sites for hydroxylation is 1. The number of carbonyl (C=O) groups excluding carboxylic acids is 2. The Kier molecular flexibility index (Phi) is 6.73. The van der Waals surface area contributed by atoms with Crippen molar-refractivity contribution in [3.63, 3.8) is 0 Å². The molecule has 0 saturated carbocycles. The van der Waals surface area contributed by atoms with Gasteiger partial charge in [0.2, 0.25) is 5.91 Å². The van der Waals surface area contributed by atoms with E-state index in [4.69, 9.17) is 5.73 Å². The molecule has 180 valence electrons. The van der Waals surface area contributed by atoms with E-state index in [1.54, 1.807) is 6.07 Å². The lowest BCUT2D eigenvalue weighted by Crippen LogP contribution is -2.18. The molecule has 5 aromatic rings. The molecule has 7 nitrogen and oxygen atoms in total. The number of aromatic amines is 1. The molecule has 0 bridgehead atoms. The number of nitrogens with one attached hydrogen (secondary N) is 2. The van der Waals surface area contributed by atoms with E-state index in [9.17, 15) is 14.4 Å². The van der Waals surface area contributed by atoms with Crippen LogP contribution in [-0.4, -0.2) is 27.5 Å². The highest BCUT2D eigenvalue weighted by Gasteiger charge is 2.18. The van der Waals surface area contributed by atoms with Gasteiger partial charge < -0.3 is 16.0 Å². The molecule has 0 aliphatic carbocycles. The summed E-state index contributed by atoms with van der Waals surface area (Å²) >= 11 is 3.79. The highest BCUT2D eigenvalue weighted by molar-refractivity contribution is 7.99. The normalized spacial score (nSPS) is 11.0. The number of nitrogens with two attached hydrogens (primary N) is 1. The average Bonchev–Trinajstić information content (AvgIpc) is 3.49. The summed E-state index contributed by atoms with van der Waals surface area (Å²) in [6, 6.07) is 19.2. The van der Waals surface area contributed by atoms with E-state index < -0.39 is 5.91 Å². The molecule has 0 atom stereocenters. The lowest BCUT2D eigenvalue weighted by atomic mass is 10.1. The SMILES string of the molecule is Cc1ccc(-c2csc3nc(SCC(=O)Nc4sc(-c5ccccc5)cc4C(N)=O)[nH]c(=O)c23)cc1. The van der Waals surface area contributed by atoms with Gasteiger partial charge in [-0.15, -0.1) is 22.7 Å². The lowest BCUT2D eigenvalue weighted by molar-refractivity contribution is -0.113. The summed E-state index contributed by atoms with van der Waals surface area (Å²) < 4.78 is 0. The molecule has 0 saturated heterocycles. The number of H-pyrrole nitrogens is 1. The summed E-state index contributed by atoms with van der Waals surface area (Å²) in [6.07, 6.45) is 0. The summed E-state index contributed by atoms with van der Waals surface area (Å²) in [6.45, 7) is 2.01. The molecule has 0 unspecified atom stereocenters. The van der Waals surface area contributed by atoms with E-state index in [1.807, 2.05) is 66.9 Å². The Bertz CT molecular complexity index is 1640. The van der Waals surface area contributed by atoms with Crippen molar-refractivity contribution in [2.75, 3.05) is 11.1 Å². The maximum Gasteiger partial charge on any atom is 0.260 e. The van der Waals surface area contributed by atoms with Gasteiger partial charge in [0.1, 0.15) is 9.83 Å². The van der Waals surface area contributed by atoms with Crippen LogP contribution in [0.2, 0.25) is 0 Å². The van der Waals surface area contributed by atoms with Crippen molar-refractivity contribution in [3.8, 4) is 21.6 Å². The Hall–Kier alpha value is -3.73. The molecule has 3 heterocycles. The van der Waals surface area contributed by atoms with Crippen molar-refractivity contribution < 1.29 is 9.59 Å². The maximum absolute atomic E-state index is 12.9. The second kappa shape index (κ2) is 10.1. The Labute approximate surface area is 218 Å². The third-order valence-corrected chi connectivity index (χ3v) is 8.28. The van der Waals surface area contributed by atoms with Gasteiger partial charge in [-0.25, -0.2) is 4.98 Å². The maximum atomic E-state index is 12.9. The van der Waals surface area contributed by atoms with Crippen LogP contribution in [0.4, 0.5) is 5.00 Å². The van der Waals surface area contributed by atoms with Gasteiger partial charge in [0.15, 0.2) is 5.16 Å². The fourth-order valence-corrected chi connectivity index (χ4v) is 6.40. The third-order valence-electron chi connectivity index (χ3n) is 5.43. The van der Waals surface area contributed by atoms with Crippen LogP contribution in [0, 0.1) is 6.92 Å². The van der Waals surface area contributed by atoms with Crippen LogP contribution in [0.3, 0.4) is 0 Å². The molecule has 0 radical (unpaired) electrons. The summed E-state index contributed by atoms with van der Waals surface area (Å²) in [5, 5.41) is 5.98. The molecule has 5 rings (SSSR count). The number of rotatable bonds is 7. The van der Waals surface area contributed by atoms with E-state index in [1.165, 1.54) is 22.7 Å². The number of nitrogens with zero attached hydrogens (tertiary/aromatic N) is 1. The fraction of sp³-hybridized carbons (Fsp3) is 0.0769. The zero-order chi connectivity index (χ0) is 25.2. The first-order valence-electron chi connectivity index (χ1n) is 10.9. The first kappa shape index (κ1) is 24.0. The van der Waals surface area contributed by atoms with Crippen molar-refractivity contribution >= 4 is 61.5 Å². The van der Waals surface area contributed by atoms with Crippen LogP contribution in [0.25, 0.3) is 31.8 Å². The van der Waals surface area contributed by atoms with Crippen LogP contribution in [0.15, 0.2) is 76.0 Å². The minimum Gasteiger partial charge on any atom is -0.366 e. The standard InChI is InChI=1S/C26H20N4O3S3/c1-14-7-9-15(10-8-14)18-12-34-25-21(18)23(33)29-26(30-25)35-13-20(31)28-24-17(22(27)32)11-19(36-24)16-5-3-2-4-6-16/h2-12H,13H2,1H3,(H2,27,32)(H,28,31)(H,29,30,33). The van der Waals surface area contributed by atoms with E-state index >= 15 is 0 Å². The number of carbonyl (C=O) groups is 2. The van der Waals surface area contributed by atoms with Gasteiger partial charge in [-0.2, -0.15) is 0 Å². The number of thiophene rings is 2. The van der Waals surface area contributed by atoms with Crippen molar-refractivity contribution in [1.82, 2.24) is 9.97 Å². The van der Waals surface area contributed by atoms with Gasteiger partial charge in [-0.3, -0.25) is 14.4 Å². The number of primary amides is 1. The number of hydrogen-bond acceptors (Lipinski definition) is 7. The van der Waals surface area contributed by atoms with Crippen LogP contribution < -0.4 is 16.6 Å². The number of anilines is 1. The molecule has 4 N–H and O–H groups in total. The van der Waals surface area contributed by atoms with Gasteiger partial charge in [-0.1, -0.05) is 71.9 Å². The Morgan fingerprint density at radius 3 is 2.56 bits per heavy atom. The Balaban J connectivity index is 1.32. The van der Waals surface area contributed by atoms with Crippen LogP contribution >= 0.6 is 34.4 Å². The minimum absolute atomic E-state index is 0.00140. The fourth-order valence-electron chi connectivity index (χ4n) is 3.65. The molecule has 2 amide bonds. The number of aromatic nitrogens is 2. The first-order valence-corrected chi connectivity index (χ1v) is 13.6. The van der Waals surface area contributed by atoms with Gasteiger partial charge in [0.05, 0.1) is 16.7 Å². The summed E-state index contributed by atoms with van der Waals surface area (Å²) in [4.78, 5) is 46.2. The van der Waals surface area contributed by atoms with Gasteiger partial charge in [0.25, 0.3) is 11.5 Å². The number of benzene rings is 2. The molecule has 3 aromatic heterocycles. The largest absolute Gasteiger partial charge is 0.366 e. The quantitative estimate of drug-likeness (QED) is 0.188. The predicted octanol–water partition coefficient (Wildman–Crippen LogP) is 5.52. The summed E-state index contributed by atoms with van der Waals surface area (Å²) in [7, 11) is 0. The van der Waals surface area contributed by atoms with E-state index in [0.29, 0.717) is 20.4 Å². The molecule has 36 heavy (non-hydrogen) atoms. The highest BCUT2D eigenvalue weighted by atomic mass is 32.2. The number of amides is 2. The van der Waals surface area contributed by atoms with Crippen molar-refractivity contribution in [1.29, 1.82) is 0 Å². The van der Waals surface area contributed by atoms with Crippen molar-refractivity contribution in [2.24, 2.45) is 5.73 Å². The zero-order valence-corrected chi connectivity index (χ0v) is 21.5. The molecule has 10 heteroatoms. The number of thioether (sulfide) groups is 1. The Morgan fingerprint density at radius 2 is 1.83 bits per heavy atom. The molecular weight excluding hydrogens is 513 g/mol. The van der Waals surface area contributed by atoms with E-state index in [2.05, 4.69) is 15.3 Å². The van der Waals surface area contributed by atoms with Crippen LogP contribution in [-0.2, 0) is 4.79 Å². The summed E-state index contributed by atoms with van der Waals surface area (Å²) in [5.74, 6) is -0.949. The number of hydrogen-bond donors (Lipinski definition) is 3. The molecule has 0 aliphatic rings. The van der Waals surface area contributed by atoms with Crippen LogP contribution in [0.1, 0.15) is 15.9 Å². The molecule has 0 spiro atoms. The van der Waals surface area contributed by atoms with Crippen molar-refractivity contribution in [2.45, 2.75) is 12.1 Å². The second-order valence-corrected chi connectivity index (χ2v) is 10.9. The van der Waals surface area contributed by atoms with Gasteiger partial charge in [-0.05, 0) is 24.1 Å². The monoisotopic (exact) mass is 532 g/mol. The Morgan fingerprint density at radius 1 is 1.08 bits per heavy atom. The number of fused-ring (bicyclic) bond motifs is 1. The van der Waals surface area contributed by atoms with Crippen LogP contribution in [0.5, 0.6) is 0 Å². The predicted molar refractivity (Wildman–Crippen MR) is 148 cm³/mol. The molecule has 0 aliphatic heterocycles. The van der Waals surface area contributed by atoms with Gasteiger partial charge >= 0.3 is 0 Å². The first-order chi connectivity index (χ1) is 17.4. The molecule has 0 fully saturated rings. The second-order valence-electron chi connectivity index (χ2n) is 7.99.